The van der Waals surface area contributed by atoms with Gasteiger partial charge >= 0.3 is 0 Å². The molecule has 0 aliphatic carbocycles. The Bertz CT molecular complexity index is 313. The number of pyridine rings is 1. The van der Waals surface area contributed by atoms with Crippen LogP contribution >= 0.6 is 0 Å². The van der Waals surface area contributed by atoms with E-state index in [1.807, 2.05) is 12.3 Å². The van der Waals surface area contributed by atoms with Gasteiger partial charge < -0.3 is 10.2 Å². The Hall–Kier alpha value is -0.930. The minimum Gasteiger partial charge on any atom is -0.314 e. The van der Waals surface area contributed by atoms with E-state index in [-0.39, 0.29) is 0 Å². The summed E-state index contributed by atoms with van der Waals surface area (Å²) in [6.45, 7) is 7.72. The standard InChI is InChI=1S/C16H29N3/c1-4-11-17-15(5-2)10-8-13-19(3)14-16-9-6-7-12-18-16/h6-7,9,12,15,17H,4-5,8,10-11,13-14H2,1-3H3. The lowest BCUT2D eigenvalue weighted by Crippen LogP contribution is -2.30. The number of hydrogen-bond donors (Lipinski definition) is 1. The van der Waals surface area contributed by atoms with Crippen LogP contribution in [0, 0.1) is 0 Å². The van der Waals surface area contributed by atoms with Crippen molar-refractivity contribution in [2.75, 3.05) is 20.1 Å². The lowest BCUT2D eigenvalue weighted by molar-refractivity contribution is 0.304. The average Bonchev–Trinajstić information content (AvgIpc) is 2.43. The quantitative estimate of drug-likeness (QED) is 0.703. The third-order valence-electron chi connectivity index (χ3n) is 3.43. The van der Waals surface area contributed by atoms with Gasteiger partial charge in [0.2, 0.25) is 0 Å². The van der Waals surface area contributed by atoms with Crippen molar-refractivity contribution in [3.63, 3.8) is 0 Å². The van der Waals surface area contributed by atoms with Gasteiger partial charge in [0.05, 0.1) is 5.69 Å². The molecule has 1 aromatic rings. The maximum absolute atomic E-state index is 4.36. The Morgan fingerprint density at radius 2 is 2.16 bits per heavy atom. The summed E-state index contributed by atoms with van der Waals surface area (Å²) in [5.41, 5.74) is 1.15. The van der Waals surface area contributed by atoms with Gasteiger partial charge in [-0.15, -0.1) is 0 Å². The summed E-state index contributed by atoms with van der Waals surface area (Å²) >= 11 is 0. The molecule has 3 nitrogen and oxygen atoms in total. The minimum absolute atomic E-state index is 0.684. The summed E-state index contributed by atoms with van der Waals surface area (Å²) in [7, 11) is 2.18. The van der Waals surface area contributed by atoms with Crippen LogP contribution in [0.25, 0.3) is 0 Å². The molecule has 1 aromatic heterocycles. The highest BCUT2D eigenvalue weighted by Crippen LogP contribution is 2.05. The summed E-state index contributed by atoms with van der Waals surface area (Å²) < 4.78 is 0. The molecule has 0 saturated heterocycles. The van der Waals surface area contributed by atoms with Crippen molar-refractivity contribution < 1.29 is 0 Å². The second-order valence-electron chi connectivity index (χ2n) is 5.26. The number of hydrogen-bond acceptors (Lipinski definition) is 3. The van der Waals surface area contributed by atoms with Crippen LogP contribution in [0.15, 0.2) is 24.4 Å². The van der Waals surface area contributed by atoms with Crippen molar-refractivity contribution in [3.05, 3.63) is 30.1 Å². The molecule has 1 N–H and O–H groups in total. The van der Waals surface area contributed by atoms with E-state index in [9.17, 15) is 0 Å². The first kappa shape index (κ1) is 16.1. The third kappa shape index (κ3) is 7.28. The van der Waals surface area contributed by atoms with Crippen LogP contribution in [0.4, 0.5) is 0 Å². The molecule has 1 rings (SSSR count). The zero-order chi connectivity index (χ0) is 13.9. The van der Waals surface area contributed by atoms with Crippen molar-refractivity contribution >= 4 is 0 Å². The van der Waals surface area contributed by atoms with Gasteiger partial charge in [0.1, 0.15) is 0 Å². The molecule has 1 atom stereocenters. The van der Waals surface area contributed by atoms with E-state index in [0.29, 0.717) is 6.04 Å². The molecule has 1 unspecified atom stereocenters. The van der Waals surface area contributed by atoms with E-state index in [1.165, 1.54) is 25.7 Å². The molecule has 0 radical (unpaired) electrons. The van der Waals surface area contributed by atoms with Crippen LogP contribution in [0.1, 0.15) is 45.2 Å². The molecule has 19 heavy (non-hydrogen) atoms. The SMILES string of the molecule is CCCNC(CC)CCCN(C)Cc1ccccn1. The highest BCUT2D eigenvalue weighted by atomic mass is 15.1. The average molecular weight is 263 g/mol. The molecular weight excluding hydrogens is 234 g/mol. The smallest absolute Gasteiger partial charge is 0.0543 e. The van der Waals surface area contributed by atoms with Crippen molar-refractivity contribution in [1.29, 1.82) is 0 Å². The minimum atomic E-state index is 0.684. The lowest BCUT2D eigenvalue weighted by atomic mass is 10.1. The fourth-order valence-electron chi connectivity index (χ4n) is 2.25. The van der Waals surface area contributed by atoms with Crippen LogP contribution in [0.5, 0.6) is 0 Å². The second-order valence-corrected chi connectivity index (χ2v) is 5.26. The molecule has 0 aromatic carbocycles. The van der Waals surface area contributed by atoms with E-state index in [4.69, 9.17) is 0 Å². The van der Waals surface area contributed by atoms with Gasteiger partial charge in [-0.05, 0) is 58.0 Å². The topological polar surface area (TPSA) is 28.2 Å². The van der Waals surface area contributed by atoms with E-state index in [1.54, 1.807) is 0 Å². The largest absolute Gasteiger partial charge is 0.314 e. The van der Waals surface area contributed by atoms with Crippen molar-refractivity contribution in [3.8, 4) is 0 Å². The Morgan fingerprint density at radius 3 is 2.79 bits per heavy atom. The zero-order valence-corrected chi connectivity index (χ0v) is 12.7. The highest BCUT2D eigenvalue weighted by Gasteiger charge is 2.06. The second kappa shape index (κ2) is 9.93. The van der Waals surface area contributed by atoms with Gasteiger partial charge in [-0.1, -0.05) is 19.9 Å². The molecule has 108 valence electrons. The summed E-state index contributed by atoms with van der Waals surface area (Å²) in [6.07, 6.45) is 6.83. The fraction of sp³-hybridized carbons (Fsp3) is 0.688. The maximum atomic E-state index is 4.36. The molecule has 3 heteroatoms. The first-order valence-corrected chi connectivity index (χ1v) is 7.58. The maximum Gasteiger partial charge on any atom is 0.0543 e. The van der Waals surface area contributed by atoms with E-state index in [0.717, 1.165) is 25.3 Å². The van der Waals surface area contributed by atoms with Gasteiger partial charge in [-0.3, -0.25) is 4.98 Å². The van der Waals surface area contributed by atoms with E-state index in [2.05, 4.69) is 48.2 Å². The predicted octanol–water partition coefficient (Wildman–Crippen LogP) is 3.07. The van der Waals surface area contributed by atoms with Crippen LogP contribution in [0.2, 0.25) is 0 Å². The zero-order valence-electron chi connectivity index (χ0n) is 12.7. The molecule has 0 spiro atoms. The Labute approximate surface area is 118 Å². The van der Waals surface area contributed by atoms with Gasteiger partial charge in [-0.2, -0.15) is 0 Å². The van der Waals surface area contributed by atoms with Crippen molar-refractivity contribution in [2.24, 2.45) is 0 Å². The van der Waals surface area contributed by atoms with Crippen LogP contribution in [0.3, 0.4) is 0 Å². The van der Waals surface area contributed by atoms with Gasteiger partial charge in [0.15, 0.2) is 0 Å². The highest BCUT2D eigenvalue weighted by molar-refractivity contribution is 5.02. The summed E-state index contributed by atoms with van der Waals surface area (Å²) in [5, 5.41) is 3.61. The number of nitrogens with one attached hydrogen (secondary N) is 1. The summed E-state index contributed by atoms with van der Waals surface area (Å²) in [5.74, 6) is 0. The molecule has 1 heterocycles. The first-order valence-electron chi connectivity index (χ1n) is 7.58. The monoisotopic (exact) mass is 263 g/mol. The molecule has 0 aliphatic heterocycles. The Kier molecular flexibility index (Phi) is 8.43. The summed E-state index contributed by atoms with van der Waals surface area (Å²) in [6, 6.07) is 6.80. The van der Waals surface area contributed by atoms with Crippen molar-refractivity contribution in [1.82, 2.24) is 15.2 Å². The Balaban J connectivity index is 2.17. The molecule has 0 fully saturated rings. The predicted molar refractivity (Wildman–Crippen MR) is 82.2 cm³/mol. The van der Waals surface area contributed by atoms with Gasteiger partial charge in [0.25, 0.3) is 0 Å². The fourth-order valence-corrected chi connectivity index (χ4v) is 2.25. The first-order chi connectivity index (χ1) is 9.26. The van der Waals surface area contributed by atoms with Gasteiger partial charge in [0, 0.05) is 18.8 Å². The normalized spacial score (nSPS) is 12.8. The number of aromatic nitrogens is 1. The molecular formula is C16H29N3. The third-order valence-corrected chi connectivity index (χ3v) is 3.43. The Morgan fingerprint density at radius 1 is 1.32 bits per heavy atom. The number of rotatable bonds is 10. The molecule has 0 saturated carbocycles. The van der Waals surface area contributed by atoms with Crippen molar-refractivity contribution in [2.45, 2.75) is 52.1 Å². The van der Waals surface area contributed by atoms with Crippen LogP contribution in [-0.2, 0) is 6.54 Å². The van der Waals surface area contributed by atoms with Gasteiger partial charge in [-0.25, -0.2) is 0 Å². The van der Waals surface area contributed by atoms with Crippen LogP contribution < -0.4 is 5.32 Å². The van der Waals surface area contributed by atoms with Crippen LogP contribution in [-0.4, -0.2) is 36.1 Å². The summed E-state index contributed by atoms with van der Waals surface area (Å²) in [4.78, 5) is 6.72. The number of nitrogens with zero attached hydrogens (tertiary/aromatic N) is 2. The molecule has 0 aliphatic rings. The lowest BCUT2D eigenvalue weighted by Gasteiger charge is -2.20. The van der Waals surface area contributed by atoms with E-state index < -0.39 is 0 Å². The molecule has 0 bridgehead atoms. The molecule has 0 amide bonds. The van der Waals surface area contributed by atoms with E-state index >= 15 is 0 Å².